The van der Waals surface area contributed by atoms with Crippen LogP contribution in [0.15, 0.2) is 18.2 Å². The van der Waals surface area contributed by atoms with Crippen molar-refractivity contribution in [3.05, 3.63) is 33.9 Å². The predicted molar refractivity (Wildman–Crippen MR) is 74.0 cm³/mol. The van der Waals surface area contributed by atoms with Crippen molar-refractivity contribution in [2.75, 3.05) is 23.7 Å². The molecule has 0 fully saturated rings. The van der Waals surface area contributed by atoms with E-state index in [2.05, 4.69) is 4.72 Å². The summed E-state index contributed by atoms with van der Waals surface area (Å²) in [5.74, 6) is -1.71. The molecule has 0 saturated heterocycles. The number of carbonyl (C=O) groups is 1. The Kier molecular flexibility index (Phi) is 5.61. The van der Waals surface area contributed by atoms with Crippen LogP contribution < -0.4 is 4.72 Å². The van der Waals surface area contributed by atoms with Crippen LogP contribution in [0.3, 0.4) is 0 Å². The largest absolute Gasteiger partial charge is 0.478 e. The predicted octanol–water partition coefficient (Wildman–Crippen LogP) is 1.07. The van der Waals surface area contributed by atoms with E-state index in [1.807, 2.05) is 0 Å². The minimum absolute atomic E-state index is 0.0488. The third-order valence-electron chi connectivity index (χ3n) is 2.41. The van der Waals surface area contributed by atoms with Crippen LogP contribution in [0.4, 0.5) is 11.4 Å². The number of nitrogens with one attached hydrogen (secondary N) is 1. The lowest BCUT2D eigenvalue weighted by Gasteiger charge is -2.09. The smallest absolute Gasteiger partial charge is 0.335 e. The fourth-order valence-corrected chi connectivity index (χ4v) is 2.38. The number of rotatable bonds is 8. The van der Waals surface area contributed by atoms with Gasteiger partial charge in [-0.05, 0) is 19.1 Å². The number of benzene rings is 1. The van der Waals surface area contributed by atoms with Gasteiger partial charge < -0.3 is 9.84 Å². The first kappa shape index (κ1) is 16.9. The van der Waals surface area contributed by atoms with Crippen LogP contribution in [0.1, 0.15) is 17.3 Å². The maximum Gasteiger partial charge on any atom is 0.335 e. The summed E-state index contributed by atoms with van der Waals surface area (Å²) in [7, 11) is -3.82. The highest BCUT2D eigenvalue weighted by atomic mass is 32.2. The molecule has 0 aliphatic carbocycles. The maximum atomic E-state index is 11.7. The summed E-state index contributed by atoms with van der Waals surface area (Å²) in [5, 5.41) is 19.7. The third kappa shape index (κ3) is 5.00. The molecular weight excluding hydrogens is 304 g/mol. The summed E-state index contributed by atoms with van der Waals surface area (Å²) in [4.78, 5) is 20.8. The molecule has 1 aromatic carbocycles. The Bertz CT molecular complexity index is 642. The molecule has 10 heteroatoms. The van der Waals surface area contributed by atoms with Gasteiger partial charge in [0.15, 0.2) is 0 Å². The van der Waals surface area contributed by atoms with Crippen LogP contribution in [0.5, 0.6) is 0 Å². The van der Waals surface area contributed by atoms with Crippen LogP contribution in [0.2, 0.25) is 0 Å². The SMILES string of the molecule is CCOCCS(=O)(=O)Nc1ccc(C(=O)O)cc1[N+](=O)[O-]. The van der Waals surface area contributed by atoms with E-state index in [1.165, 1.54) is 0 Å². The van der Waals surface area contributed by atoms with Crippen molar-refractivity contribution in [3.8, 4) is 0 Å². The number of aromatic carboxylic acids is 1. The van der Waals surface area contributed by atoms with Crippen LogP contribution in [0, 0.1) is 10.1 Å². The van der Waals surface area contributed by atoms with Gasteiger partial charge in [-0.2, -0.15) is 0 Å². The van der Waals surface area contributed by atoms with E-state index in [0.29, 0.717) is 6.61 Å². The zero-order chi connectivity index (χ0) is 16.0. The number of nitro groups is 1. The molecule has 0 aliphatic heterocycles. The molecule has 1 aromatic rings. The summed E-state index contributed by atoms with van der Waals surface area (Å²) in [6.45, 7) is 2.01. The van der Waals surface area contributed by atoms with Crippen LogP contribution in [-0.4, -0.2) is 43.4 Å². The average Bonchev–Trinajstić information content (AvgIpc) is 2.38. The van der Waals surface area contributed by atoms with E-state index < -0.39 is 26.6 Å². The number of ether oxygens (including phenoxy) is 1. The Labute approximate surface area is 120 Å². The van der Waals surface area contributed by atoms with E-state index in [0.717, 1.165) is 18.2 Å². The Hall–Kier alpha value is -2.20. The molecule has 2 N–H and O–H groups in total. The lowest BCUT2D eigenvalue weighted by molar-refractivity contribution is -0.383. The Balaban J connectivity index is 3.02. The molecule has 1 rings (SSSR count). The van der Waals surface area contributed by atoms with Crippen molar-refractivity contribution < 1.29 is 28.0 Å². The average molecular weight is 318 g/mol. The number of nitro benzene ring substituents is 1. The number of sulfonamides is 1. The van der Waals surface area contributed by atoms with Crippen molar-refractivity contribution in [2.45, 2.75) is 6.92 Å². The highest BCUT2D eigenvalue weighted by Crippen LogP contribution is 2.26. The number of hydrogen-bond acceptors (Lipinski definition) is 6. The van der Waals surface area contributed by atoms with Gasteiger partial charge in [-0.1, -0.05) is 0 Å². The maximum absolute atomic E-state index is 11.7. The molecule has 0 atom stereocenters. The van der Waals surface area contributed by atoms with Gasteiger partial charge >= 0.3 is 5.97 Å². The summed E-state index contributed by atoms with van der Waals surface area (Å²) >= 11 is 0. The van der Waals surface area contributed by atoms with Crippen molar-refractivity contribution in [1.29, 1.82) is 0 Å². The van der Waals surface area contributed by atoms with Gasteiger partial charge in [-0.15, -0.1) is 0 Å². The number of nitrogens with zero attached hydrogens (tertiary/aromatic N) is 1. The van der Waals surface area contributed by atoms with Crippen LogP contribution in [0.25, 0.3) is 0 Å². The van der Waals surface area contributed by atoms with Gasteiger partial charge in [-0.25, -0.2) is 13.2 Å². The number of hydrogen-bond donors (Lipinski definition) is 2. The summed E-state index contributed by atoms with van der Waals surface area (Å²) in [5.41, 5.74) is -1.23. The summed E-state index contributed by atoms with van der Waals surface area (Å²) < 4.78 is 30.4. The van der Waals surface area contributed by atoms with Crippen molar-refractivity contribution in [1.82, 2.24) is 0 Å². The first-order valence-electron chi connectivity index (χ1n) is 5.87. The lowest BCUT2D eigenvalue weighted by atomic mass is 10.2. The third-order valence-corrected chi connectivity index (χ3v) is 3.64. The minimum Gasteiger partial charge on any atom is -0.478 e. The van der Waals surface area contributed by atoms with Gasteiger partial charge in [-0.3, -0.25) is 14.8 Å². The van der Waals surface area contributed by atoms with Gasteiger partial charge in [0.1, 0.15) is 5.69 Å². The van der Waals surface area contributed by atoms with E-state index >= 15 is 0 Å². The highest BCUT2D eigenvalue weighted by molar-refractivity contribution is 7.92. The van der Waals surface area contributed by atoms with Gasteiger partial charge in [0.05, 0.1) is 22.8 Å². The molecule has 21 heavy (non-hydrogen) atoms. The second kappa shape index (κ2) is 6.99. The topological polar surface area (TPSA) is 136 Å². The standard InChI is InChI=1S/C11H14N2O7S/c1-2-20-5-6-21(18,19)12-9-4-3-8(11(14)15)7-10(9)13(16)17/h3-4,7,12H,2,5-6H2,1H3,(H,14,15). The zero-order valence-electron chi connectivity index (χ0n) is 11.1. The number of anilines is 1. The molecule has 0 aromatic heterocycles. The number of carboxylic acid groups (broad SMARTS) is 1. The molecule has 0 heterocycles. The Morgan fingerprint density at radius 2 is 2.14 bits per heavy atom. The molecule has 0 aliphatic rings. The quantitative estimate of drug-likeness (QED) is 0.415. The van der Waals surface area contributed by atoms with Crippen LogP contribution >= 0.6 is 0 Å². The minimum atomic E-state index is -3.82. The van der Waals surface area contributed by atoms with E-state index in [1.54, 1.807) is 6.92 Å². The van der Waals surface area contributed by atoms with Gasteiger partial charge in [0, 0.05) is 12.7 Å². The van der Waals surface area contributed by atoms with Gasteiger partial charge in [0.25, 0.3) is 5.69 Å². The van der Waals surface area contributed by atoms with Gasteiger partial charge in [0.2, 0.25) is 10.0 Å². The summed E-state index contributed by atoms with van der Waals surface area (Å²) in [6, 6.07) is 2.91. The first-order chi connectivity index (χ1) is 9.76. The molecule has 0 amide bonds. The van der Waals surface area contributed by atoms with E-state index in [9.17, 15) is 23.3 Å². The molecule has 0 spiro atoms. The zero-order valence-corrected chi connectivity index (χ0v) is 11.9. The molecule has 116 valence electrons. The van der Waals surface area contributed by atoms with E-state index in [-0.39, 0.29) is 23.6 Å². The molecule has 0 bridgehead atoms. The Morgan fingerprint density at radius 1 is 1.48 bits per heavy atom. The lowest BCUT2D eigenvalue weighted by Crippen LogP contribution is -2.21. The molecule has 0 radical (unpaired) electrons. The van der Waals surface area contributed by atoms with Crippen molar-refractivity contribution >= 4 is 27.4 Å². The monoisotopic (exact) mass is 318 g/mol. The second-order valence-electron chi connectivity index (χ2n) is 3.91. The Morgan fingerprint density at radius 3 is 2.67 bits per heavy atom. The molecule has 0 saturated carbocycles. The van der Waals surface area contributed by atoms with E-state index in [4.69, 9.17) is 9.84 Å². The second-order valence-corrected chi connectivity index (χ2v) is 5.75. The summed E-state index contributed by atoms with van der Waals surface area (Å²) in [6.07, 6.45) is 0. The van der Waals surface area contributed by atoms with Crippen LogP contribution in [-0.2, 0) is 14.8 Å². The fraction of sp³-hybridized carbons (Fsp3) is 0.364. The highest BCUT2D eigenvalue weighted by Gasteiger charge is 2.21. The number of carboxylic acids is 1. The fourth-order valence-electron chi connectivity index (χ4n) is 1.43. The van der Waals surface area contributed by atoms with Crippen molar-refractivity contribution in [2.24, 2.45) is 0 Å². The normalized spacial score (nSPS) is 11.1. The molecular formula is C11H14N2O7S. The molecule has 9 nitrogen and oxygen atoms in total. The first-order valence-corrected chi connectivity index (χ1v) is 7.52. The molecule has 0 unspecified atom stereocenters. The van der Waals surface area contributed by atoms with Crippen molar-refractivity contribution in [3.63, 3.8) is 0 Å².